The summed E-state index contributed by atoms with van der Waals surface area (Å²) in [5.74, 6) is -0.693. The number of oxime groups is 1. The lowest BCUT2D eigenvalue weighted by Crippen LogP contribution is -2.27. The van der Waals surface area contributed by atoms with Crippen LogP contribution < -0.4 is 0 Å². The van der Waals surface area contributed by atoms with Gasteiger partial charge in [0.2, 0.25) is 0 Å². The Morgan fingerprint density at radius 1 is 1.55 bits per heavy atom. The zero-order valence-corrected chi connectivity index (χ0v) is 6.70. The highest BCUT2D eigenvalue weighted by Gasteiger charge is 2.17. The van der Waals surface area contributed by atoms with E-state index in [-0.39, 0.29) is 5.71 Å². The molecule has 0 amide bonds. The molecule has 0 heterocycles. The van der Waals surface area contributed by atoms with Crippen molar-refractivity contribution >= 4 is 11.7 Å². The number of aliphatic hydroxyl groups is 1. The second kappa shape index (κ2) is 4.68. The molecule has 1 N–H and O–H groups in total. The molecule has 64 valence electrons. The van der Waals surface area contributed by atoms with E-state index in [4.69, 9.17) is 5.11 Å². The summed E-state index contributed by atoms with van der Waals surface area (Å²) in [6.07, 6.45) is -0.984. The molecule has 0 aromatic heterocycles. The van der Waals surface area contributed by atoms with Crippen LogP contribution in [-0.4, -0.2) is 37.1 Å². The third-order valence-electron chi connectivity index (χ3n) is 0.980. The van der Waals surface area contributed by atoms with Gasteiger partial charge in [0.25, 0.3) is 0 Å². The molecule has 5 heteroatoms. The molecule has 0 radical (unpaired) electrons. The lowest BCUT2D eigenvalue weighted by molar-refractivity contribution is -0.133. The average molecular weight is 161 g/mol. The number of esters is 1. The zero-order valence-electron chi connectivity index (χ0n) is 6.70. The molecule has 0 saturated carbocycles. The molecule has 11 heavy (non-hydrogen) atoms. The van der Waals surface area contributed by atoms with Gasteiger partial charge in [0.15, 0.2) is 5.71 Å². The van der Waals surface area contributed by atoms with Crippen molar-refractivity contribution < 1.29 is 19.5 Å². The first-order chi connectivity index (χ1) is 5.13. The lowest BCUT2D eigenvalue weighted by atomic mass is 10.2. The van der Waals surface area contributed by atoms with Crippen molar-refractivity contribution in [2.24, 2.45) is 5.16 Å². The molecule has 0 aromatic rings. The van der Waals surface area contributed by atoms with Crippen molar-refractivity contribution in [1.82, 2.24) is 0 Å². The van der Waals surface area contributed by atoms with Gasteiger partial charge in [-0.3, -0.25) is 0 Å². The van der Waals surface area contributed by atoms with Crippen LogP contribution >= 0.6 is 0 Å². The maximum atomic E-state index is 10.8. The van der Waals surface area contributed by atoms with E-state index in [1.54, 1.807) is 0 Å². The summed E-state index contributed by atoms with van der Waals surface area (Å²) in [5, 5.41) is 12.2. The Hall–Kier alpha value is -1.10. The van der Waals surface area contributed by atoms with E-state index in [9.17, 15) is 4.79 Å². The van der Waals surface area contributed by atoms with Crippen molar-refractivity contribution in [1.29, 1.82) is 0 Å². The molecule has 0 fully saturated rings. The van der Waals surface area contributed by atoms with Gasteiger partial charge in [0, 0.05) is 0 Å². The third-order valence-corrected chi connectivity index (χ3v) is 0.980. The van der Waals surface area contributed by atoms with Gasteiger partial charge in [-0.25, -0.2) is 4.79 Å². The van der Waals surface area contributed by atoms with Gasteiger partial charge in [-0.2, -0.15) is 0 Å². The molecular weight excluding hydrogens is 150 g/mol. The van der Waals surface area contributed by atoms with Crippen LogP contribution in [0.1, 0.15) is 6.92 Å². The summed E-state index contributed by atoms with van der Waals surface area (Å²) in [4.78, 5) is 15.1. The van der Waals surface area contributed by atoms with Crippen LogP contribution in [0.15, 0.2) is 5.16 Å². The maximum Gasteiger partial charge on any atom is 0.358 e. The zero-order chi connectivity index (χ0) is 8.85. The lowest BCUT2D eigenvalue weighted by Gasteiger charge is -2.04. The van der Waals surface area contributed by atoms with Gasteiger partial charge < -0.3 is 14.7 Å². The summed E-state index contributed by atoms with van der Waals surface area (Å²) >= 11 is 0. The number of carbonyl (C=O) groups excluding carboxylic acids is 1. The molecule has 0 aliphatic heterocycles. The Bertz CT molecular complexity index is 164. The Morgan fingerprint density at radius 3 is 2.36 bits per heavy atom. The van der Waals surface area contributed by atoms with Crippen LogP contribution in [0, 0.1) is 0 Å². The fourth-order valence-electron chi connectivity index (χ4n) is 0.487. The molecular formula is C6H11NO4. The fraction of sp³-hybridized carbons (Fsp3) is 0.667. The summed E-state index contributed by atoms with van der Waals surface area (Å²) in [5.41, 5.74) is -0.144. The molecule has 5 nitrogen and oxygen atoms in total. The first kappa shape index (κ1) is 9.90. The van der Waals surface area contributed by atoms with E-state index in [0.29, 0.717) is 0 Å². The number of hydrogen-bond acceptors (Lipinski definition) is 5. The number of aliphatic hydroxyl groups excluding tert-OH is 1. The molecule has 1 unspecified atom stereocenters. The SMILES string of the molecule is CON=C(C(=O)OC)C(C)O. The standard InChI is InChI=1S/C6H11NO4/c1-4(8)5(7-11-3)6(9)10-2/h4,8H,1-3H3. The first-order valence-corrected chi connectivity index (χ1v) is 3.01. The summed E-state index contributed by atoms with van der Waals surface area (Å²) in [7, 11) is 2.49. The largest absolute Gasteiger partial charge is 0.464 e. The average Bonchev–Trinajstić information content (AvgIpc) is 1.98. The van der Waals surface area contributed by atoms with Crippen LogP contribution in [-0.2, 0) is 14.4 Å². The molecule has 0 aromatic carbocycles. The third kappa shape index (κ3) is 2.99. The van der Waals surface area contributed by atoms with Crippen LogP contribution in [0.25, 0.3) is 0 Å². The van der Waals surface area contributed by atoms with Crippen molar-refractivity contribution in [3.05, 3.63) is 0 Å². The Balaban J connectivity index is 4.34. The van der Waals surface area contributed by atoms with Gasteiger partial charge in [0.1, 0.15) is 13.2 Å². The highest BCUT2D eigenvalue weighted by atomic mass is 16.6. The second-order valence-electron chi connectivity index (χ2n) is 1.83. The highest BCUT2D eigenvalue weighted by molar-refractivity contribution is 6.37. The van der Waals surface area contributed by atoms with Crippen LogP contribution in [0.4, 0.5) is 0 Å². The monoisotopic (exact) mass is 161 g/mol. The minimum absolute atomic E-state index is 0.144. The van der Waals surface area contributed by atoms with Crippen LogP contribution in [0.2, 0.25) is 0 Å². The Morgan fingerprint density at radius 2 is 2.09 bits per heavy atom. The normalized spacial score (nSPS) is 14.0. The predicted octanol–water partition coefficient (Wildman–Crippen LogP) is -0.457. The van der Waals surface area contributed by atoms with Gasteiger partial charge in [-0.15, -0.1) is 0 Å². The first-order valence-electron chi connectivity index (χ1n) is 3.01. The van der Waals surface area contributed by atoms with Crippen molar-refractivity contribution in [3.63, 3.8) is 0 Å². The molecule has 0 aliphatic rings. The number of nitrogens with zero attached hydrogens (tertiary/aromatic N) is 1. The van der Waals surface area contributed by atoms with E-state index < -0.39 is 12.1 Å². The number of carbonyl (C=O) groups is 1. The highest BCUT2D eigenvalue weighted by Crippen LogP contribution is 1.91. The Kier molecular flexibility index (Phi) is 4.21. The minimum atomic E-state index is -0.984. The summed E-state index contributed by atoms with van der Waals surface area (Å²) in [6.45, 7) is 1.40. The molecule has 0 spiro atoms. The maximum absolute atomic E-state index is 10.8. The van der Waals surface area contributed by atoms with Crippen molar-refractivity contribution in [2.45, 2.75) is 13.0 Å². The van der Waals surface area contributed by atoms with Crippen molar-refractivity contribution in [3.8, 4) is 0 Å². The predicted molar refractivity (Wildman–Crippen MR) is 38.1 cm³/mol. The van der Waals surface area contributed by atoms with E-state index in [1.807, 2.05) is 0 Å². The van der Waals surface area contributed by atoms with E-state index in [0.717, 1.165) is 0 Å². The summed E-state index contributed by atoms with van der Waals surface area (Å²) < 4.78 is 4.32. The van der Waals surface area contributed by atoms with E-state index >= 15 is 0 Å². The second-order valence-corrected chi connectivity index (χ2v) is 1.83. The van der Waals surface area contributed by atoms with Crippen LogP contribution in [0.3, 0.4) is 0 Å². The number of hydrogen-bond donors (Lipinski definition) is 1. The Labute approximate surface area is 64.6 Å². The fourth-order valence-corrected chi connectivity index (χ4v) is 0.487. The van der Waals surface area contributed by atoms with Gasteiger partial charge in [0.05, 0.1) is 7.11 Å². The summed E-state index contributed by atoms with van der Waals surface area (Å²) in [6, 6.07) is 0. The topological polar surface area (TPSA) is 68.1 Å². The molecule has 0 rings (SSSR count). The molecule has 0 bridgehead atoms. The van der Waals surface area contributed by atoms with Crippen LogP contribution in [0.5, 0.6) is 0 Å². The van der Waals surface area contributed by atoms with E-state index in [1.165, 1.54) is 21.1 Å². The van der Waals surface area contributed by atoms with Gasteiger partial charge in [-0.1, -0.05) is 5.16 Å². The van der Waals surface area contributed by atoms with Gasteiger partial charge >= 0.3 is 5.97 Å². The quantitative estimate of drug-likeness (QED) is 0.345. The van der Waals surface area contributed by atoms with Crippen molar-refractivity contribution in [2.75, 3.05) is 14.2 Å². The van der Waals surface area contributed by atoms with Gasteiger partial charge in [-0.05, 0) is 6.92 Å². The number of rotatable bonds is 3. The van der Waals surface area contributed by atoms with E-state index in [2.05, 4.69) is 14.7 Å². The molecule has 0 saturated heterocycles. The number of ether oxygens (including phenoxy) is 1. The smallest absolute Gasteiger partial charge is 0.358 e. The number of methoxy groups -OCH3 is 1. The minimum Gasteiger partial charge on any atom is -0.464 e. The molecule has 1 atom stereocenters. The molecule has 0 aliphatic carbocycles.